The second-order valence-electron chi connectivity index (χ2n) is 4.41. The van der Waals surface area contributed by atoms with Crippen LogP contribution in [-0.4, -0.2) is 19.7 Å². The molecule has 0 atom stereocenters. The first kappa shape index (κ1) is 20.2. The monoisotopic (exact) mass is 385 g/mol. The van der Waals surface area contributed by atoms with Crippen molar-refractivity contribution >= 4 is 40.0 Å². The molecule has 13 nitrogen and oxygen atoms in total. The summed E-state index contributed by atoms with van der Waals surface area (Å²) in [4.78, 5) is 38.1. The molecule has 0 aromatic heterocycles. The van der Waals surface area contributed by atoms with Gasteiger partial charge in [-0.2, -0.15) is 0 Å². The molecule has 0 saturated carbocycles. The van der Waals surface area contributed by atoms with Gasteiger partial charge in [-0.25, -0.2) is 0 Å². The third kappa shape index (κ3) is 5.07. The number of nitro groups is 4. The van der Waals surface area contributed by atoms with Crippen LogP contribution in [0.2, 0.25) is 5.02 Å². The zero-order chi connectivity index (χ0) is 20.0. The second-order valence-corrected chi connectivity index (χ2v) is 4.81. The van der Waals surface area contributed by atoms with Crippen molar-refractivity contribution < 1.29 is 19.7 Å². The van der Waals surface area contributed by atoms with Crippen molar-refractivity contribution in [3.8, 4) is 0 Å². The molecule has 2 rings (SSSR count). The molecular weight excluding hydrogens is 378 g/mol. The average Bonchev–Trinajstić information content (AvgIpc) is 2.55. The van der Waals surface area contributed by atoms with Gasteiger partial charge in [-0.3, -0.25) is 40.5 Å². The Bertz CT molecular complexity index is 830. The smallest absolute Gasteiger partial charge is 0.298 e. The lowest BCUT2D eigenvalue weighted by atomic mass is 10.2. The van der Waals surface area contributed by atoms with Gasteiger partial charge in [0.05, 0.1) is 31.8 Å². The minimum atomic E-state index is -0.769. The molecule has 0 heterocycles. The van der Waals surface area contributed by atoms with Crippen molar-refractivity contribution in [2.75, 3.05) is 5.73 Å². The Morgan fingerprint density at radius 1 is 0.692 bits per heavy atom. The first-order chi connectivity index (χ1) is 12.0. The topological polar surface area (TPSA) is 199 Å². The van der Waals surface area contributed by atoms with Gasteiger partial charge in [0.15, 0.2) is 0 Å². The molecule has 2 aromatic rings. The number of non-ortho nitro benzene ring substituents is 2. The fraction of sp³-hybridized carbons (Fsp3) is 0. The quantitative estimate of drug-likeness (QED) is 0.465. The van der Waals surface area contributed by atoms with Crippen molar-refractivity contribution in [1.82, 2.24) is 0 Å². The minimum Gasteiger partial charge on any atom is -0.393 e. The Kier molecular flexibility index (Phi) is 6.44. The van der Waals surface area contributed by atoms with Crippen LogP contribution in [0.15, 0.2) is 36.4 Å². The molecule has 0 amide bonds. The third-order valence-corrected chi connectivity index (χ3v) is 3.08. The van der Waals surface area contributed by atoms with Gasteiger partial charge in [-0.1, -0.05) is 11.6 Å². The van der Waals surface area contributed by atoms with Gasteiger partial charge in [0.2, 0.25) is 0 Å². The summed E-state index contributed by atoms with van der Waals surface area (Å²) < 4.78 is 0. The van der Waals surface area contributed by atoms with Gasteiger partial charge >= 0.3 is 0 Å². The highest BCUT2D eigenvalue weighted by Crippen LogP contribution is 2.28. The summed E-state index contributed by atoms with van der Waals surface area (Å²) in [6.07, 6.45) is 0. The standard InChI is InChI=1S/C6H3ClN2O4.C6H5N3O4/c2*7-5-2-1-4(8(10)11)3-6(5)9(12)13/h1-3H;1-3H,7H2. The van der Waals surface area contributed by atoms with Crippen LogP contribution in [0.5, 0.6) is 0 Å². The number of halogens is 1. The highest BCUT2D eigenvalue weighted by atomic mass is 35.5. The van der Waals surface area contributed by atoms with E-state index in [4.69, 9.17) is 17.3 Å². The summed E-state index contributed by atoms with van der Waals surface area (Å²) >= 11 is 5.43. The lowest BCUT2D eigenvalue weighted by molar-refractivity contribution is -0.394. The highest BCUT2D eigenvalue weighted by molar-refractivity contribution is 6.32. The third-order valence-electron chi connectivity index (χ3n) is 2.76. The van der Waals surface area contributed by atoms with Gasteiger partial charge in [0.25, 0.3) is 22.7 Å². The van der Waals surface area contributed by atoms with Crippen LogP contribution >= 0.6 is 11.6 Å². The van der Waals surface area contributed by atoms with Crippen LogP contribution in [0, 0.1) is 40.5 Å². The van der Waals surface area contributed by atoms with Crippen LogP contribution in [0.25, 0.3) is 0 Å². The number of nitro benzene ring substituents is 4. The van der Waals surface area contributed by atoms with Crippen molar-refractivity contribution in [2.24, 2.45) is 0 Å². The first-order valence-electron chi connectivity index (χ1n) is 6.31. The first-order valence-corrected chi connectivity index (χ1v) is 6.69. The summed E-state index contributed by atoms with van der Waals surface area (Å²) in [7, 11) is 0. The average molecular weight is 386 g/mol. The van der Waals surface area contributed by atoms with Gasteiger partial charge in [0, 0.05) is 12.1 Å². The zero-order valence-corrected chi connectivity index (χ0v) is 13.2. The Morgan fingerprint density at radius 2 is 1.12 bits per heavy atom. The van der Waals surface area contributed by atoms with Crippen molar-refractivity contribution in [3.05, 3.63) is 81.9 Å². The number of anilines is 1. The van der Waals surface area contributed by atoms with Crippen LogP contribution in [0.4, 0.5) is 28.4 Å². The molecule has 2 aromatic carbocycles. The van der Waals surface area contributed by atoms with Crippen molar-refractivity contribution in [3.63, 3.8) is 0 Å². The maximum absolute atomic E-state index is 10.3. The molecular formula is C12H8ClN5O8. The fourth-order valence-corrected chi connectivity index (χ4v) is 1.74. The van der Waals surface area contributed by atoms with E-state index < -0.39 is 31.1 Å². The summed E-state index contributed by atoms with van der Waals surface area (Å²) in [6, 6.07) is 6.13. The SMILES string of the molecule is Nc1ccc([N+](=O)[O-])cc1[N+](=O)[O-].O=[N+]([O-])c1ccc(Cl)c([N+](=O)[O-])c1. The van der Waals surface area contributed by atoms with E-state index in [-0.39, 0.29) is 22.1 Å². The fourth-order valence-electron chi connectivity index (χ4n) is 1.56. The van der Waals surface area contributed by atoms with Crippen LogP contribution < -0.4 is 5.73 Å². The van der Waals surface area contributed by atoms with Crippen LogP contribution in [-0.2, 0) is 0 Å². The molecule has 0 radical (unpaired) electrons. The molecule has 0 aliphatic rings. The number of hydrogen-bond acceptors (Lipinski definition) is 9. The predicted octanol–water partition coefficient (Wildman–Crippen LogP) is 3.24. The summed E-state index contributed by atoms with van der Waals surface area (Å²) in [6.45, 7) is 0. The second kappa shape index (κ2) is 8.29. The van der Waals surface area contributed by atoms with E-state index in [1.165, 1.54) is 0 Å². The van der Waals surface area contributed by atoms with Gasteiger partial charge in [0.1, 0.15) is 10.7 Å². The van der Waals surface area contributed by atoms with Crippen LogP contribution in [0.3, 0.4) is 0 Å². The van der Waals surface area contributed by atoms with E-state index >= 15 is 0 Å². The predicted molar refractivity (Wildman–Crippen MR) is 88.9 cm³/mol. The Labute approximate surface area is 148 Å². The van der Waals surface area contributed by atoms with Crippen LogP contribution in [0.1, 0.15) is 0 Å². The highest BCUT2D eigenvalue weighted by Gasteiger charge is 2.18. The number of hydrogen-bond donors (Lipinski definition) is 1. The summed E-state index contributed by atoms with van der Waals surface area (Å²) in [5.41, 5.74) is 3.53. The maximum atomic E-state index is 10.3. The molecule has 0 unspecified atom stereocenters. The zero-order valence-electron chi connectivity index (χ0n) is 12.5. The van der Waals surface area contributed by atoms with Gasteiger partial charge in [-0.15, -0.1) is 0 Å². The number of nitrogen functional groups attached to an aromatic ring is 1. The number of nitrogens with two attached hydrogens (primary N) is 1. The van der Waals surface area contributed by atoms with Gasteiger partial charge < -0.3 is 5.73 Å². The normalized spacial score (nSPS) is 9.58. The van der Waals surface area contributed by atoms with E-state index in [9.17, 15) is 40.5 Å². The van der Waals surface area contributed by atoms with E-state index in [2.05, 4.69) is 0 Å². The molecule has 136 valence electrons. The molecule has 0 saturated heterocycles. The molecule has 0 fully saturated rings. The molecule has 2 N–H and O–H groups in total. The van der Waals surface area contributed by atoms with E-state index in [1.54, 1.807) is 0 Å². The number of nitrogens with zero attached hydrogens (tertiary/aromatic N) is 4. The minimum absolute atomic E-state index is 0.0874. The van der Waals surface area contributed by atoms with Crippen molar-refractivity contribution in [2.45, 2.75) is 0 Å². The Morgan fingerprint density at radius 3 is 1.54 bits per heavy atom. The maximum Gasteiger partial charge on any atom is 0.298 e. The Hall–Kier alpha value is -3.87. The Balaban J connectivity index is 0.000000260. The van der Waals surface area contributed by atoms with E-state index in [0.29, 0.717) is 0 Å². The summed E-state index contributed by atoms with van der Waals surface area (Å²) in [5, 5.41) is 40.9. The van der Waals surface area contributed by atoms with E-state index in [0.717, 1.165) is 36.4 Å². The molecule has 0 bridgehead atoms. The number of benzene rings is 2. The number of rotatable bonds is 4. The molecule has 0 spiro atoms. The summed E-state index contributed by atoms with van der Waals surface area (Å²) in [5.74, 6) is 0. The lowest BCUT2D eigenvalue weighted by Crippen LogP contribution is -1.97. The largest absolute Gasteiger partial charge is 0.393 e. The molecule has 26 heavy (non-hydrogen) atoms. The molecule has 14 heteroatoms. The van der Waals surface area contributed by atoms with Crippen molar-refractivity contribution in [1.29, 1.82) is 0 Å². The molecule has 0 aliphatic carbocycles. The van der Waals surface area contributed by atoms with Gasteiger partial charge in [-0.05, 0) is 12.1 Å². The molecule has 0 aliphatic heterocycles. The van der Waals surface area contributed by atoms with E-state index in [1.807, 2.05) is 0 Å². The lowest BCUT2D eigenvalue weighted by Gasteiger charge is -1.95.